The van der Waals surface area contributed by atoms with Crippen molar-refractivity contribution in [1.29, 1.82) is 0 Å². The van der Waals surface area contributed by atoms with Crippen LogP contribution in [0, 0.1) is 17.8 Å². The number of carboxylic acid groups (broad SMARTS) is 2. The van der Waals surface area contributed by atoms with Gasteiger partial charge in [0.15, 0.2) is 0 Å². The van der Waals surface area contributed by atoms with Gasteiger partial charge in [-0.25, -0.2) is 9.59 Å². The first-order valence-electron chi connectivity index (χ1n) is 10.2. The van der Waals surface area contributed by atoms with Crippen LogP contribution in [0.25, 0.3) is 0 Å². The molecule has 152 valence electrons. The molecule has 0 aromatic heterocycles. The minimum atomic E-state index is -1.82. The van der Waals surface area contributed by atoms with Gasteiger partial charge in [0, 0.05) is 12.6 Å². The van der Waals surface area contributed by atoms with Gasteiger partial charge < -0.3 is 15.5 Å². The molecule has 1 aromatic carbocycles. The van der Waals surface area contributed by atoms with E-state index in [1.54, 1.807) is 0 Å². The highest BCUT2D eigenvalue weighted by Crippen LogP contribution is 2.43. The molecule has 0 radical (unpaired) electrons. The Morgan fingerprint density at radius 3 is 2.21 bits per heavy atom. The number of benzene rings is 1. The normalized spacial score (nSPS) is 26.6. The molecule has 3 N–H and O–H groups in total. The molecule has 4 rings (SSSR count). The van der Waals surface area contributed by atoms with Crippen LogP contribution in [-0.2, 0) is 16.1 Å². The van der Waals surface area contributed by atoms with E-state index in [0.29, 0.717) is 0 Å². The summed E-state index contributed by atoms with van der Waals surface area (Å²) >= 11 is 0. The van der Waals surface area contributed by atoms with Gasteiger partial charge in [-0.2, -0.15) is 0 Å². The summed E-state index contributed by atoms with van der Waals surface area (Å²) in [6, 6.07) is 11.6. The average molecular weight is 386 g/mol. The Hall–Kier alpha value is -2.18. The number of aliphatic carboxylic acids is 2. The highest BCUT2D eigenvalue weighted by molar-refractivity contribution is 6.27. The van der Waals surface area contributed by atoms with Crippen LogP contribution in [0.5, 0.6) is 0 Å². The lowest BCUT2D eigenvalue weighted by Crippen LogP contribution is -2.43. The maximum atomic E-state index is 9.10. The molecule has 3 unspecified atom stereocenters. The number of fused-ring (bicyclic) bond motifs is 2. The molecule has 6 nitrogen and oxygen atoms in total. The van der Waals surface area contributed by atoms with Crippen LogP contribution in [0.1, 0.15) is 31.2 Å². The van der Waals surface area contributed by atoms with Crippen molar-refractivity contribution in [3.8, 4) is 0 Å². The number of piperidine rings is 1. The van der Waals surface area contributed by atoms with E-state index in [0.717, 1.165) is 30.3 Å². The van der Waals surface area contributed by atoms with Crippen molar-refractivity contribution in [3.63, 3.8) is 0 Å². The van der Waals surface area contributed by atoms with Gasteiger partial charge in [-0.15, -0.1) is 0 Å². The predicted molar refractivity (Wildman–Crippen MR) is 107 cm³/mol. The predicted octanol–water partition coefficient (Wildman–Crippen LogP) is 2.61. The van der Waals surface area contributed by atoms with Crippen molar-refractivity contribution >= 4 is 11.9 Å². The fourth-order valence-electron chi connectivity index (χ4n) is 4.58. The molecule has 3 aliphatic rings. The van der Waals surface area contributed by atoms with Crippen LogP contribution in [0.4, 0.5) is 0 Å². The number of allylic oxidation sites excluding steroid dienone is 2. The molecule has 2 fully saturated rings. The largest absolute Gasteiger partial charge is 0.473 e. The van der Waals surface area contributed by atoms with E-state index in [4.69, 9.17) is 19.8 Å². The molecular weight excluding hydrogens is 356 g/mol. The van der Waals surface area contributed by atoms with E-state index in [1.807, 2.05) is 0 Å². The molecule has 2 bridgehead atoms. The zero-order chi connectivity index (χ0) is 19.9. The molecule has 28 heavy (non-hydrogen) atoms. The van der Waals surface area contributed by atoms with Crippen molar-refractivity contribution in [2.24, 2.45) is 17.8 Å². The van der Waals surface area contributed by atoms with Crippen LogP contribution < -0.4 is 5.32 Å². The number of likely N-dealkylation sites (tertiary alicyclic amines) is 1. The maximum absolute atomic E-state index is 9.10. The van der Waals surface area contributed by atoms with Crippen molar-refractivity contribution < 1.29 is 19.8 Å². The minimum Gasteiger partial charge on any atom is -0.473 e. The van der Waals surface area contributed by atoms with Crippen LogP contribution in [0.3, 0.4) is 0 Å². The Kier molecular flexibility index (Phi) is 7.23. The number of nitrogens with one attached hydrogen (secondary N) is 1. The fourth-order valence-corrected chi connectivity index (χ4v) is 4.58. The van der Waals surface area contributed by atoms with Gasteiger partial charge in [-0.05, 0) is 68.6 Å². The van der Waals surface area contributed by atoms with Crippen molar-refractivity contribution in [3.05, 3.63) is 48.0 Å². The molecule has 0 spiro atoms. The molecule has 2 aliphatic carbocycles. The zero-order valence-corrected chi connectivity index (χ0v) is 16.2. The van der Waals surface area contributed by atoms with E-state index < -0.39 is 11.9 Å². The summed E-state index contributed by atoms with van der Waals surface area (Å²) in [5.74, 6) is -0.942. The second-order valence-corrected chi connectivity index (χ2v) is 8.09. The van der Waals surface area contributed by atoms with E-state index in [2.05, 4.69) is 52.7 Å². The Balaban J connectivity index is 0.000000330. The molecule has 0 amide bonds. The summed E-state index contributed by atoms with van der Waals surface area (Å²) in [5, 5.41) is 18.7. The monoisotopic (exact) mass is 386 g/mol. The molecule has 1 heterocycles. The summed E-state index contributed by atoms with van der Waals surface area (Å²) in [5.41, 5.74) is 1.45. The van der Waals surface area contributed by atoms with E-state index in [9.17, 15) is 0 Å². The molecule has 1 saturated heterocycles. The third kappa shape index (κ3) is 5.91. The SMILES string of the molecule is C1=CC2CC1CC2CNC1CCN(Cc2ccccc2)CC1.O=C(O)C(=O)O. The summed E-state index contributed by atoms with van der Waals surface area (Å²) in [6.07, 6.45) is 10.4. The zero-order valence-electron chi connectivity index (χ0n) is 16.2. The average Bonchev–Trinajstić information content (AvgIpc) is 3.32. The Morgan fingerprint density at radius 1 is 1.00 bits per heavy atom. The molecular formula is C22H30N2O4. The minimum absolute atomic E-state index is 0.745. The second-order valence-electron chi connectivity index (χ2n) is 8.09. The van der Waals surface area contributed by atoms with Crippen LogP contribution in [-0.4, -0.2) is 52.7 Å². The van der Waals surface area contributed by atoms with Gasteiger partial charge in [0.2, 0.25) is 0 Å². The first-order chi connectivity index (χ1) is 13.5. The molecule has 1 saturated carbocycles. The molecule has 6 heteroatoms. The highest BCUT2D eigenvalue weighted by Gasteiger charge is 2.35. The van der Waals surface area contributed by atoms with Crippen molar-refractivity contribution in [2.45, 2.75) is 38.3 Å². The van der Waals surface area contributed by atoms with Gasteiger partial charge in [-0.1, -0.05) is 42.5 Å². The molecule has 3 atom stereocenters. The lowest BCUT2D eigenvalue weighted by atomic mass is 9.93. The number of carbonyl (C=O) groups is 2. The second kappa shape index (κ2) is 9.85. The summed E-state index contributed by atoms with van der Waals surface area (Å²) in [6.45, 7) is 4.84. The van der Waals surface area contributed by atoms with Gasteiger partial charge in [0.25, 0.3) is 0 Å². The summed E-state index contributed by atoms with van der Waals surface area (Å²) in [7, 11) is 0. The van der Waals surface area contributed by atoms with Gasteiger partial charge in [0.1, 0.15) is 0 Å². The smallest absolute Gasteiger partial charge is 0.414 e. The summed E-state index contributed by atoms with van der Waals surface area (Å²) < 4.78 is 0. The number of hydrogen-bond donors (Lipinski definition) is 3. The Labute approximate surface area is 166 Å². The fraction of sp³-hybridized carbons (Fsp3) is 0.545. The maximum Gasteiger partial charge on any atom is 0.414 e. The number of nitrogens with zero attached hydrogens (tertiary/aromatic N) is 1. The third-order valence-corrected chi connectivity index (χ3v) is 6.10. The molecule has 1 aliphatic heterocycles. The Bertz CT molecular complexity index is 671. The van der Waals surface area contributed by atoms with Gasteiger partial charge in [-0.3, -0.25) is 4.90 Å². The number of hydrogen-bond acceptors (Lipinski definition) is 4. The topological polar surface area (TPSA) is 89.9 Å². The van der Waals surface area contributed by atoms with Gasteiger partial charge >= 0.3 is 11.9 Å². The number of rotatable bonds is 5. The first-order valence-corrected chi connectivity index (χ1v) is 10.2. The standard InChI is InChI=1S/C20H28N2.C2H2O4/c1-2-4-16(5-3-1)15-22-10-8-20(9-11-22)21-14-19-13-17-6-7-18(19)12-17;3-1(4)2(5)6/h1-7,17-21H,8-15H2;(H,3,4)(H,5,6). The van der Waals surface area contributed by atoms with Crippen LogP contribution >= 0.6 is 0 Å². The quantitative estimate of drug-likeness (QED) is 0.532. The lowest BCUT2D eigenvalue weighted by molar-refractivity contribution is -0.159. The third-order valence-electron chi connectivity index (χ3n) is 6.10. The lowest BCUT2D eigenvalue weighted by Gasteiger charge is -2.33. The van der Waals surface area contributed by atoms with E-state index in [1.165, 1.54) is 50.9 Å². The van der Waals surface area contributed by atoms with Crippen molar-refractivity contribution in [1.82, 2.24) is 10.2 Å². The number of carboxylic acids is 2. The van der Waals surface area contributed by atoms with Crippen molar-refractivity contribution in [2.75, 3.05) is 19.6 Å². The van der Waals surface area contributed by atoms with E-state index >= 15 is 0 Å². The van der Waals surface area contributed by atoms with E-state index in [-0.39, 0.29) is 0 Å². The van der Waals surface area contributed by atoms with Crippen LogP contribution in [0.2, 0.25) is 0 Å². The Morgan fingerprint density at radius 2 is 1.68 bits per heavy atom. The first kappa shape index (κ1) is 20.6. The highest BCUT2D eigenvalue weighted by atomic mass is 16.4. The van der Waals surface area contributed by atoms with Gasteiger partial charge in [0.05, 0.1) is 0 Å². The molecule has 1 aromatic rings. The van der Waals surface area contributed by atoms with Crippen LogP contribution in [0.15, 0.2) is 42.5 Å². The summed E-state index contributed by atoms with van der Waals surface area (Å²) in [4.78, 5) is 20.8.